The summed E-state index contributed by atoms with van der Waals surface area (Å²) < 4.78 is 15.5. The van der Waals surface area contributed by atoms with E-state index in [4.69, 9.17) is 9.05 Å². The fraction of sp³-hybridized carbons (Fsp3) is 0.684. The second-order valence-corrected chi connectivity index (χ2v) is 18.5. The molecule has 0 amide bonds. The van der Waals surface area contributed by atoms with E-state index < -0.39 is 16.3 Å². The van der Waals surface area contributed by atoms with Gasteiger partial charge < -0.3 is 9.05 Å². The van der Waals surface area contributed by atoms with E-state index in [0.29, 0.717) is 0 Å². The molecule has 4 aliphatic rings. The first kappa shape index (κ1) is 31.2. The van der Waals surface area contributed by atoms with Gasteiger partial charge in [0, 0.05) is 38.9 Å². The fourth-order valence-corrected chi connectivity index (χ4v) is 14.8. The van der Waals surface area contributed by atoms with Crippen molar-refractivity contribution in [2.75, 3.05) is 0 Å². The Balaban J connectivity index is 1.37. The summed E-state index contributed by atoms with van der Waals surface area (Å²) in [6.07, 6.45) is 27.7. The number of benzene rings is 2. The molecule has 0 heterocycles. The van der Waals surface area contributed by atoms with E-state index in [1.54, 1.807) is 0 Å². The zero-order valence-corrected chi connectivity index (χ0v) is 27.9. The van der Waals surface area contributed by atoms with Crippen LogP contribution in [0, 0.1) is 0 Å². The second kappa shape index (κ2) is 16.5. The van der Waals surface area contributed by atoms with E-state index in [9.17, 15) is 0 Å². The molecule has 0 spiro atoms. The molecule has 0 bridgehead atoms. The molecule has 42 heavy (non-hydrogen) atoms. The quantitative estimate of drug-likeness (QED) is 0.237. The summed E-state index contributed by atoms with van der Waals surface area (Å²) in [6, 6.07) is 22.6. The van der Waals surface area contributed by atoms with E-state index in [0.717, 1.165) is 22.6 Å². The van der Waals surface area contributed by atoms with Gasteiger partial charge in [-0.05, 0) is 62.5 Å². The van der Waals surface area contributed by atoms with Gasteiger partial charge in [0.1, 0.15) is 12.2 Å². The van der Waals surface area contributed by atoms with Gasteiger partial charge in [-0.1, -0.05) is 138 Å². The molecule has 0 saturated heterocycles. The molecule has 2 atom stereocenters. The highest BCUT2D eigenvalue weighted by molar-refractivity contribution is 7.54. The molecular weight excluding hydrogens is 550 g/mol. The third-order valence-corrected chi connectivity index (χ3v) is 16.6. The zero-order valence-electron chi connectivity index (χ0n) is 26.1. The average molecular weight is 607 g/mol. The maximum Gasteiger partial charge on any atom is 0.117 e. The molecule has 0 radical (unpaired) electrons. The lowest BCUT2D eigenvalue weighted by atomic mass is 9.98. The summed E-state index contributed by atoms with van der Waals surface area (Å²) in [5.41, 5.74) is 5.70. The Bertz CT molecular complexity index is 888. The summed E-state index contributed by atoms with van der Waals surface area (Å²) in [5.74, 6) is 0. The molecule has 4 saturated carbocycles. The van der Waals surface area contributed by atoms with Crippen molar-refractivity contribution in [1.29, 1.82) is 0 Å². The highest BCUT2D eigenvalue weighted by Crippen LogP contribution is 2.64. The van der Waals surface area contributed by atoms with Crippen LogP contribution in [-0.4, -0.2) is 22.6 Å². The van der Waals surface area contributed by atoms with Crippen molar-refractivity contribution >= 4 is 16.3 Å². The first-order chi connectivity index (χ1) is 20.9. The largest absolute Gasteiger partial charge is 0.348 e. The molecule has 6 rings (SSSR count). The van der Waals surface area contributed by atoms with Gasteiger partial charge in [-0.25, -0.2) is 0 Å². The van der Waals surface area contributed by atoms with Crippen LogP contribution in [0.25, 0.3) is 0 Å². The predicted octanol–water partition coefficient (Wildman–Crippen LogP) is 12.6. The lowest BCUT2D eigenvalue weighted by molar-refractivity contribution is 0.0640. The van der Waals surface area contributed by atoms with Crippen molar-refractivity contribution in [3.8, 4) is 0 Å². The van der Waals surface area contributed by atoms with E-state index >= 15 is 0 Å². The van der Waals surface area contributed by atoms with E-state index in [1.165, 1.54) is 140 Å². The van der Waals surface area contributed by atoms with Crippen LogP contribution in [-0.2, 0) is 9.05 Å². The molecule has 4 aliphatic carbocycles. The minimum atomic E-state index is -0.510. The highest BCUT2D eigenvalue weighted by atomic mass is 31.1. The number of hydrogen-bond acceptors (Lipinski definition) is 2. The van der Waals surface area contributed by atoms with Crippen LogP contribution in [0.15, 0.2) is 60.7 Å². The Hall–Kier alpha value is -0.780. The lowest BCUT2D eigenvalue weighted by Gasteiger charge is -2.44. The third-order valence-electron chi connectivity index (χ3n) is 10.7. The van der Waals surface area contributed by atoms with Crippen LogP contribution >= 0.6 is 16.3 Å². The summed E-state index contributed by atoms with van der Waals surface area (Å²) >= 11 is 0. The molecule has 2 nitrogen and oxygen atoms in total. The van der Waals surface area contributed by atoms with Crippen LogP contribution in [0.5, 0.6) is 0 Å². The number of rotatable bonds is 11. The molecule has 0 N–H and O–H groups in total. The normalized spacial score (nSPS) is 23.8. The van der Waals surface area contributed by atoms with Gasteiger partial charge in [-0.15, -0.1) is 0 Å². The van der Waals surface area contributed by atoms with Gasteiger partial charge in [-0.3, -0.25) is 0 Å². The van der Waals surface area contributed by atoms with Crippen LogP contribution in [0.2, 0.25) is 0 Å². The van der Waals surface area contributed by atoms with Crippen molar-refractivity contribution in [3.63, 3.8) is 0 Å². The van der Waals surface area contributed by atoms with Gasteiger partial charge in [0.25, 0.3) is 0 Å². The molecule has 0 aliphatic heterocycles. The third kappa shape index (κ3) is 8.27. The van der Waals surface area contributed by atoms with Gasteiger partial charge in [0.15, 0.2) is 0 Å². The molecule has 2 aromatic carbocycles. The van der Waals surface area contributed by atoms with E-state index in [2.05, 4.69) is 60.7 Å². The maximum absolute atomic E-state index is 7.76. The smallest absolute Gasteiger partial charge is 0.117 e. The summed E-state index contributed by atoms with van der Waals surface area (Å²) in [5, 5.41) is 0. The second-order valence-electron chi connectivity index (χ2n) is 13.8. The average Bonchev–Trinajstić information content (AvgIpc) is 3.09. The van der Waals surface area contributed by atoms with Crippen LogP contribution in [0.3, 0.4) is 0 Å². The van der Waals surface area contributed by atoms with E-state index in [-0.39, 0.29) is 12.2 Å². The van der Waals surface area contributed by atoms with Crippen molar-refractivity contribution in [1.82, 2.24) is 0 Å². The summed E-state index contributed by atoms with van der Waals surface area (Å²) in [6.45, 7) is 0. The van der Waals surface area contributed by atoms with Gasteiger partial charge in [-0.2, -0.15) is 0 Å². The maximum atomic E-state index is 7.76. The van der Waals surface area contributed by atoms with Crippen LogP contribution in [0.1, 0.15) is 152 Å². The standard InChI is InChI=1S/C38H56O2P2/c1-7-19-31(20-8-1)37(39-41(33-23-11-3-12-24-33)34-25-13-4-14-26-34)38(32-21-9-2-10-22-32)40-42(35-27-15-5-16-28-35)36-29-17-6-18-30-36/h1-2,7-10,19-22,33-38H,3-6,11-18,23-30H2/t37-,38-/m0/s1. The van der Waals surface area contributed by atoms with Crippen LogP contribution in [0.4, 0.5) is 0 Å². The molecule has 230 valence electrons. The predicted molar refractivity (Wildman–Crippen MR) is 182 cm³/mol. The zero-order chi connectivity index (χ0) is 28.4. The Morgan fingerprint density at radius 1 is 0.381 bits per heavy atom. The molecule has 4 fully saturated rings. The summed E-state index contributed by atoms with van der Waals surface area (Å²) in [4.78, 5) is 0. The highest BCUT2D eigenvalue weighted by Gasteiger charge is 2.41. The van der Waals surface area contributed by atoms with E-state index in [1.807, 2.05) is 0 Å². The minimum Gasteiger partial charge on any atom is -0.348 e. The molecular formula is C38H56O2P2. The molecule has 2 aromatic rings. The van der Waals surface area contributed by atoms with Crippen molar-refractivity contribution in [2.24, 2.45) is 0 Å². The molecule has 4 heteroatoms. The molecule has 0 unspecified atom stereocenters. The Morgan fingerprint density at radius 2 is 0.643 bits per heavy atom. The number of hydrogen-bond donors (Lipinski definition) is 0. The topological polar surface area (TPSA) is 18.5 Å². The van der Waals surface area contributed by atoms with Gasteiger partial charge in [0.05, 0.1) is 0 Å². The first-order valence-corrected chi connectivity index (χ1v) is 20.7. The molecule has 0 aromatic heterocycles. The van der Waals surface area contributed by atoms with Crippen molar-refractivity contribution in [3.05, 3.63) is 71.8 Å². The van der Waals surface area contributed by atoms with Gasteiger partial charge in [0.2, 0.25) is 0 Å². The first-order valence-electron chi connectivity index (χ1n) is 17.9. The van der Waals surface area contributed by atoms with Gasteiger partial charge >= 0.3 is 0 Å². The Morgan fingerprint density at radius 3 is 0.905 bits per heavy atom. The summed E-state index contributed by atoms with van der Waals surface area (Å²) in [7, 11) is -1.02. The van der Waals surface area contributed by atoms with Crippen molar-refractivity contribution < 1.29 is 9.05 Å². The van der Waals surface area contributed by atoms with Crippen molar-refractivity contribution in [2.45, 2.75) is 163 Å². The van der Waals surface area contributed by atoms with Crippen LogP contribution < -0.4 is 0 Å². The SMILES string of the molecule is c1ccc([C@H](OP(C2CCCCC2)C2CCCCC2)[C@@H](OP(C2CCCCC2)C2CCCCC2)c2ccccc2)cc1. The lowest BCUT2D eigenvalue weighted by Crippen LogP contribution is -2.27. The Labute approximate surface area is 259 Å². The Kier molecular flexibility index (Phi) is 12.3. The monoisotopic (exact) mass is 606 g/mol. The minimum absolute atomic E-state index is 0.0271. The fourth-order valence-electron chi connectivity index (χ4n) is 8.41.